The Kier molecular flexibility index (Phi) is 5.51. The molecule has 26 heavy (non-hydrogen) atoms. The van der Waals surface area contributed by atoms with Crippen molar-refractivity contribution < 1.29 is 13.9 Å². The standard InChI is InChI=1S/C18H24FN5O2/c1-11(2)9-24-10-12(7-23-24)16(20)15-17(21)14(19)8-22-18(15)26-13-3-5-25-6-4-13/h7-8,10-11,13,20H,3-6,9H2,1-2H3,(H2,21,22). The van der Waals surface area contributed by atoms with Crippen molar-refractivity contribution in [2.75, 3.05) is 18.9 Å². The van der Waals surface area contributed by atoms with Gasteiger partial charge in [0.25, 0.3) is 0 Å². The molecule has 0 atom stereocenters. The topological polar surface area (TPSA) is 99.0 Å². The molecule has 1 aliphatic heterocycles. The molecule has 1 saturated heterocycles. The number of ether oxygens (including phenoxy) is 2. The highest BCUT2D eigenvalue weighted by molar-refractivity contribution is 6.15. The molecule has 0 unspecified atom stereocenters. The van der Waals surface area contributed by atoms with E-state index in [1.807, 2.05) is 0 Å². The predicted octanol–water partition coefficient (Wildman–Crippen LogP) is 2.63. The van der Waals surface area contributed by atoms with Crippen molar-refractivity contribution in [3.8, 4) is 5.88 Å². The van der Waals surface area contributed by atoms with Crippen LogP contribution < -0.4 is 10.5 Å². The Morgan fingerprint density at radius 1 is 1.42 bits per heavy atom. The first-order chi connectivity index (χ1) is 12.5. The van der Waals surface area contributed by atoms with Gasteiger partial charge in [0.2, 0.25) is 5.88 Å². The quantitative estimate of drug-likeness (QED) is 0.771. The number of nitrogens with one attached hydrogen (secondary N) is 1. The molecule has 0 saturated carbocycles. The normalized spacial score (nSPS) is 15.4. The van der Waals surface area contributed by atoms with Crippen molar-refractivity contribution in [3.05, 3.63) is 35.5 Å². The van der Waals surface area contributed by atoms with Gasteiger partial charge in [-0.2, -0.15) is 5.10 Å². The minimum atomic E-state index is -0.668. The number of nitrogen functional groups attached to an aromatic ring is 1. The van der Waals surface area contributed by atoms with E-state index < -0.39 is 5.82 Å². The van der Waals surface area contributed by atoms with E-state index >= 15 is 0 Å². The molecule has 2 aromatic rings. The minimum Gasteiger partial charge on any atom is -0.474 e. The van der Waals surface area contributed by atoms with Gasteiger partial charge >= 0.3 is 0 Å². The van der Waals surface area contributed by atoms with Gasteiger partial charge in [0, 0.05) is 31.1 Å². The smallest absolute Gasteiger partial charge is 0.225 e. The van der Waals surface area contributed by atoms with Crippen LogP contribution in [0.1, 0.15) is 37.8 Å². The summed E-state index contributed by atoms with van der Waals surface area (Å²) in [5, 5.41) is 12.8. The maximum Gasteiger partial charge on any atom is 0.225 e. The number of pyridine rings is 1. The summed E-state index contributed by atoms with van der Waals surface area (Å²) in [5.41, 5.74) is 6.55. The molecule has 1 aliphatic rings. The largest absolute Gasteiger partial charge is 0.474 e. The summed E-state index contributed by atoms with van der Waals surface area (Å²) < 4.78 is 27.0. The molecule has 0 aromatic carbocycles. The lowest BCUT2D eigenvalue weighted by Crippen LogP contribution is -2.27. The van der Waals surface area contributed by atoms with Crippen LogP contribution >= 0.6 is 0 Å². The second kappa shape index (κ2) is 7.82. The van der Waals surface area contributed by atoms with Crippen LogP contribution in [-0.4, -0.2) is 39.8 Å². The third-order valence-corrected chi connectivity index (χ3v) is 4.21. The minimum absolute atomic E-state index is 0.0477. The number of hydrogen-bond donors (Lipinski definition) is 2. The van der Waals surface area contributed by atoms with Gasteiger partial charge in [-0.05, 0) is 5.92 Å². The van der Waals surface area contributed by atoms with E-state index in [0.717, 1.165) is 25.6 Å². The van der Waals surface area contributed by atoms with E-state index in [9.17, 15) is 4.39 Å². The van der Waals surface area contributed by atoms with Crippen LogP contribution in [0.15, 0.2) is 18.6 Å². The van der Waals surface area contributed by atoms with Gasteiger partial charge in [-0.3, -0.25) is 10.1 Å². The summed E-state index contributed by atoms with van der Waals surface area (Å²) >= 11 is 0. The molecule has 3 heterocycles. The van der Waals surface area contributed by atoms with E-state index in [1.165, 1.54) is 0 Å². The van der Waals surface area contributed by atoms with Crippen LogP contribution in [0.25, 0.3) is 0 Å². The Balaban J connectivity index is 1.90. The zero-order chi connectivity index (χ0) is 18.7. The van der Waals surface area contributed by atoms with Crippen LogP contribution in [0, 0.1) is 17.1 Å². The van der Waals surface area contributed by atoms with Gasteiger partial charge in [-0.15, -0.1) is 0 Å². The molecule has 0 radical (unpaired) electrons. The van der Waals surface area contributed by atoms with E-state index in [4.69, 9.17) is 20.6 Å². The zero-order valence-electron chi connectivity index (χ0n) is 15.0. The highest BCUT2D eigenvalue weighted by Crippen LogP contribution is 2.29. The lowest BCUT2D eigenvalue weighted by Gasteiger charge is -2.24. The highest BCUT2D eigenvalue weighted by atomic mass is 19.1. The molecule has 0 aliphatic carbocycles. The molecule has 8 heteroatoms. The molecule has 2 aromatic heterocycles. The number of nitrogens with two attached hydrogens (primary N) is 1. The van der Waals surface area contributed by atoms with E-state index in [1.54, 1.807) is 17.1 Å². The number of nitrogens with zero attached hydrogens (tertiary/aromatic N) is 3. The summed E-state index contributed by atoms with van der Waals surface area (Å²) in [6.45, 7) is 6.11. The fraction of sp³-hybridized carbons (Fsp3) is 0.500. The van der Waals surface area contributed by atoms with Gasteiger partial charge in [0.05, 0.1) is 42.6 Å². The number of hydrogen-bond acceptors (Lipinski definition) is 6. The molecule has 1 fully saturated rings. The summed E-state index contributed by atoms with van der Waals surface area (Å²) in [5.74, 6) is -0.0682. The third-order valence-electron chi connectivity index (χ3n) is 4.21. The average Bonchev–Trinajstić information content (AvgIpc) is 3.06. The maximum atomic E-state index is 14.0. The summed E-state index contributed by atoms with van der Waals surface area (Å²) in [4.78, 5) is 4.05. The molecule has 3 rings (SSSR count). The lowest BCUT2D eigenvalue weighted by molar-refractivity contribution is 0.0236. The van der Waals surface area contributed by atoms with Crippen molar-refractivity contribution in [2.24, 2.45) is 5.92 Å². The lowest BCUT2D eigenvalue weighted by atomic mass is 10.0. The molecule has 140 valence electrons. The first-order valence-corrected chi connectivity index (χ1v) is 8.75. The molecule has 3 N–H and O–H groups in total. The van der Waals surface area contributed by atoms with Crippen molar-refractivity contribution in [3.63, 3.8) is 0 Å². The van der Waals surface area contributed by atoms with Gasteiger partial charge in [-0.25, -0.2) is 9.37 Å². The number of anilines is 1. The maximum absolute atomic E-state index is 14.0. The number of rotatable bonds is 6. The number of aromatic nitrogens is 3. The van der Waals surface area contributed by atoms with E-state index in [2.05, 4.69) is 23.9 Å². The van der Waals surface area contributed by atoms with Gasteiger partial charge in [0.15, 0.2) is 5.82 Å². The Bertz CT molecular complexity index is 784. The fourth-order valence-electron chi connectivity index (χ4n) is 2.88. The fourth-order valence-corrected chi connectivity index (χ4v) is 2.88. The van der Waals surface area contributed by atoms with Crippen LogP contribution in [0.4, 0.5) is 10.1 Å². The van der Waals surface area contributed by atoms with Gasteiger partial charge < -0.3 is 15.2 Å². The molecular weight excluding hydrogens is 337 g/mol. The first-order valence-electron chi connectivity index (χ1n) is 8.75. The molecule has 0 amide bonds. The molecular formula is C18H24FN5O2. The third kappa shape index (κ3) is 4.01. The van der Waals surface area contributed by atoms with Crippen LogP contribution in [0.5, 0.6) is 5.88 Å². The Morgan fingerprint density at radius 3 is 2.85 bits per heavy atom. The summed E-state index contributed by atoms with van der Waals surface area (Å²) in [7, 11) is 0. The predicted molar refractivity (Wildman–Crippen MR) is 96.1 cm³/mol. The van der Waals surface area contributed by atoms with E-state index in [-0.39, 0.29) is 28.9 Å². The zero-order valence-corrected chi connectivity index (χ0v) is 15.0. The number of halogens is 1. The monoisotopic (exact) mass is 361 g/mol. The molecule has 0 bridgehead atoms. The average molecular weight is 361 g/mol. The summed E-state index contributed by atoms with van der Waals surface area (Å²) in [6.07, 6.45) is 5.72. The Morgan fingerprint density at radius 2 is 2.15 bits per heavy atom. The van der Waals surface area contributed by atoms with E-state index in [0.29, 0.717) is 24.7 Å². The Hall–Kier alpha value is -2.48. The highest BCUT2D eigenvalue weighted by Gasteiger charge is 2.24. The van der Waals surface area contributed by atoms with Crippen molar-refractivity contribution in [1.29, 1.82) is 5.41 Å². The summed E-state index contributed by atoms with van der Waals surface area (Å²) in [6, 6.07) is 0. The van der Waals surface area contributed by atoms with Gasteiger partial charge in [-0.1, -0.05) is 13.8 Å². The van der Waals surface area contributed by atoms with Gasteiger partial charge in [0.1, 0.15) is 6.10 Å². The SMILES string of the molecule is CC(C)Cn1cc(C(=N)c2c(OC3CCOCC3)ncc(F)c2N)cn1. The van der Waals surface area contributed by atoms with Crippen LogP contribution in [0.3, 0.4) is 0 Å². The molecule has 0 spiro atoms. The second-order valence-electron chi connectivity index (χ2n) is 6.85. The van der Waals surface area contributed by atoms with Crippen molar-refractivity contribution in [2.45, 2.75) is 39.3 Å². The van der Waals surface area contributed by atoms with Crippen LogP contribution in [-0.2, 0) is 11.3 Å². The van der Waals surface area contributed by atoms with Crippen molar-refractivity contribution in [1.82, 2.24) is 14.8 Å². The first kappa shape index (κ1) is 18.3. The van der Waals surface area contributed by atoms with Crippen LogP contribution in [0.2, 0.25) is 0 Å². The second-order valence-corrected chi connectivity index (χ2v) is 6.85. The molecule has 7 nitrogen and oxygen atoms in total. The van der Waals surface area contributed by atoms with Crippen molar-refractivity contribution >= 4 is 11.4 Å². The Labute approximate surface area is 151 Å².